The highest BCUT2D eigenvalue weighted by atomic mass is 16.5. The zero-order valence-electron chi connectivity index (χ0n) is 21.3. The molecule has 2 aromatic rings. The normalized spacial score (nSPS) is 19.6. The van der Waals surface area contributed by atoms with Crippen LogP contribution in [0.5, 0.6) is 5.75 Å². The molecule has 2 aromatic carbocycles. The van der Waals surface area contributed by atoms with Gasteiger partial charge in [0.05, 0.1) is 7.11 Å². The first-order valence-electron chi connectivity index (χ1n) is 12.5. The second-order valence-electron chi connectivity index (χ2n) is 9.79. The van der Waals surface area contributed by atoms with Crippen molar-refractivity contribution in [1.29, 1.82) is 0 Å². The van der Waals surface area contributed by atoms with E-state index in [0.29, 0.717) is 37.9 Å². The molecule has 0 aliphatic heterocycles. The topological polar surface area (TPSA) is 79.5 Å². The first-order valence-corrected chi connectivity index (χ1v) is 12.5. The van der Waals surface area contributed by atoms with Crippen molar-refractivity contribution in [3.8, 4) is 5.75 Å². The van der Waals surface area contributed by atoms with E-state index in [4.69, 9.17) is 4.74 Å². The Morgan fingerprint density at radius 3 is 2.26 bits per heavy atom. The van der Waals surface area contributed by atoms with Gasteiger partial charge in [-0.3, -0.25) is 4.79 Å². The fraction of sp³-hybridized carbons (Fsp3) is 0.448. The number of nitrogens with one attached hydrogen (secondary N) is 3. The third kappa shape index (κ3) is 8.16. The molecule has 0 unspecified atom stereocenters. The van der Waals surface area contributed by atoms with Gasteiger partial charge in [0.1, 0.15) is 5.75 Å². The predicted molar refractivity (Wildman–Crippen MR) is 140 cm³/mol. The van der Waals surface area contributed by atoms with E-state index in [1.165, 1.54) is 5.57 Å². The lowest BCUT2D eigenvalue weighted by atomic mass is 9.70. The summed E-state index contributed by atoms with van der Waals surface area (Å²) in [6.45, 7) is 8.17. The maximum atomic E-state index is 12.7. The molecule has 0 spiro atoms. The van der Waals surface area contributed by atoms with E-state index in [9.17, 15) is 9.59 Å². The summed E-state index contributed by atoms with van der Waals surface area (Å²) in [5, 5.41) is 9.03. The van der Waals surface area contributed by atoms with Gasteiger partial charge < -0.3 is 20.7 Å². The van der Waals surface area contributed by atoms with Crippen LogP contribution >= 0.6 is 0 Å². The molecule has 6 heteroatoms. The van der Waals surface area contributed by atoms with Crippen molar-refractivity contribution in [2.45, 2.75) is 46.7 Å². The van der Waals surface area contributed by atoms with E-state index in [1.54, 1.807) is 7.11 Å². The number of urea groups is 1. The Morgan fingerprint density at radius 2 is 1.60 bits per heavy atom. The molecule has 0 heterocycles. The van der Waals surface area contributed by atoms with Gasteiger partial charge >= 0.3 is 6.03 Å². The number of ether oxygens (including phenoxy) is 1. The minimum absolute atomic E-state index is 0.0675. The minimum Gasteiger partial charge on any atom is -0.497 e. The molecule has 3 amide bonds. The number of hydrogen-bond donors (Lipinski definition) is 3. The number of carbonyl (C=O) groups is 2. The van der Waals surface area contributed by atoms with Crippen LogP contribution in [0.15, 0.2) is 66.2 Å². The lowest BCUT2D eigenvalue weighted by Crippen LogP contribution is -2.41. The number of hydrogen-bond acceptors (Lipinski definition) is 3. The molecule has 188 valence electrons. The fourth-order valence-electron chi connectivity index (χ4n) is 4.80. The lowest BCUT2D eigenvalue weighted by Gasteiger charge is -2.37. The molecule has 0 saturated carbocycles. The van der Waals surface area contributed by atoms with Crippen molar-refractivity contribution < 1.29 is 14.3 Å². The quantitative estimate of drug-likeness (QED) is 0.419. The first kappa shape index (κ1) is 26.3. The monoisotopic (exact) mass is 477 g/mol. The van der Waals surface area contributed by atoms with Crippen LogP contribution in [0.3, 0.4) is 0 Å². The maximum Gasteiger partial charge on any atom is 0.315 e. The number of methoxy groups -OCH3 is 1. The average molecular weight is 478 g/mol. The van der Waals surface area contributed by atoms with Crippen LogP contribution in [0.2, 0.25) is 0 Å². The summed E-state index contributed by atoms with van der Waals surface area (Å²) in [6, 6.07) is 17.5. The Balaban J connectivity index is 1.50. The SMILES string of the molecule is COc1ccc(CNC(=O)C[C@@H]2C[C@@H](C(C)C)[C@H](CNC(=O)NCc3ccccc3)C=C2C)cc1. The van der Waals surface area contributed by atoms with Gasteiger partial charge in [0.15, 0.2) is 0 Å². The summed E-state index contributed by atoms with van der Waals surface area (Å²) in [6.07, 6.45) is 3.71. The summed E-state index contributed by atoms with van der Waals surface area (Å²) in [7, 11) is 1.64. The van der Waals surface area contributed by atoms with Crippen LogP contribution in [0.25, 0.3) is 0 Å². The standard InChI is InChI=1S/C29H39N3O3/c1-20(2)27-15-24(16-28(33)30-17-23-10-12-26(35-4)13-11-23)21(3)14-25(27)19-32-29(34)31-18-22-8-6-5-7-9-22/h5-14,20,24-25,27H,15-19H2,1-4H3,(H,30,33)(H2,31,32,34)/t24-,25-,27-/m0/s1. The molecule has 0 aromatic heterocycles. The first-order chi connectivity index (χ1) is 16.9. The highest BCUT2D eigenvalue weighted by Gasteiger charge is 2.32. The Labute approximate surface area is 209 Å². The molecule has 0 bridgehead atoms. The van der Waals surface area contributed by atoms with Gasteiger partial charge in [-0.2, -0.15) is 0 Å². The van der Waals surface area contributed by atoms with Gasteiger partial charge in [-0.05, 0) is 60.3 Å². The van der Waals surface area contributed by atoms with Gasteiger partial charge in [0.2, 0.25) is 5.91 Å². The molecule has 3 rings (SSSR count). The van der Waals surface area contributed by atoms with Crippen molar-refractivity contribution in [2.75, 3.05) is 13.7 Å². The Hall–Kier alpha value is -3.28. The molecule has 6 nitrogen and oxygen atoms in total. The number of amides is 3. The molecule has 0 saturated heterocycles. The molecule has 35 heavy (non-hydrogen) atoms. The van der Waals surface area contributed by atoms with Crippen LogP contribution in [-0.2, 0) is 17.9 Å². The van der Waals surface area contributed by atoms with Crippen LogP contribution in [-0.4, -0.2) is 25.6 Å². The van der Waals surface area contributed by atoms with Gasteiger partial charge in [-0.1, -0.05) is 68.0 Å². The predicted octanol–water partition coefficient (Wildman–Crippen LogP) is 5.06. The van der Waals surface area contributed by atoms with Crippen LogP contribution in [0, 0.1) is 23.7 Å². The maximum absolute atomic E-state index is 12.7. The van der Waals surface area contributed by atoms with Crippen molar-refractivity contribution >= 4 is 11.9 Å². The molecular formula is C29H39N3O3. The third-order valence-electron chi connectivity index (χ3n) is 6.96. The number of carbonyl (C=O) groups excluding carboxylic acids is 2. The van der Waals surface area contributed by atoms with E-state index in [0.717, 1.165) is 23.3 Å². The lowest BCUT2D eigenvalue weighted by molar-refractivity contribution is -0.122. The smallest absolute Gasteiger partial charge is 0.315 e. The molecular weight excluding hydrogens is 438 g/mol. The summed E-state index contributed by atoms with van der Waals surface area (Å²) in [4.78, 5) is 25.0. The zero-order valence-corrected chi connectivity index (χ0v) is 21.3. The van der Waals surface area contributed by atoms with Gasteiger partial charge in [0, 0.05) is 26.1 Å². The number of benzene rings is 2. The summed E-state index contributed by atoms with van der Waals surface area (Å²) in [5.74, 6) is 2.23. The largest absolute Gasteiger partial charge is 0.497 e. The molecule has 3 N–H and O–H groups in total. The molecule has 1 aliphatic carbocycles. The summed E-state index contributed by atoms with van der Waals surface area (Å²) in [5.41, 5.74) is 3.36. The fourth-order valence-corrected chi connectivity index (χ4v) is 4.80. The van der Waals surface area contributed by atoms with E-state index in [-0.39, 0.29) is 23.8 Å². The van der Waals surface area contributed by atoms with E-state index in [1.807, 2.05) is 54.6 Å². The second kappa shape index (κ2) is 13.0. The van der Waals surface area contributed by atoms with E-state index < -0.39 is 0 Å². The molecule has 1 aliphatic rings. The van der Waals surface area contributed by atoms with Gasteiger partial charge in [0.25, 0.3) is 0 Å². The van der Waals surface area contributed by atoms with Gasteiger partial charge in [-0.15, -0.1) is 0 Å². The third-order valence-corrected chi connectivity index (χ3v) is 6.96. The highest BCUT2D eigenvalue weighted by Crippen LogP contribution is 2.38. The van der Waals surface area contributed by atoms with E-state index >= 15 is 0 Å². The number of allylic oxidation sites excluding steroid dienone is 1. The van der Waals surface area contributed by atoms with Gasteiger partial charge in [-0.25, -0.2) is 4.79 Å². The number of rotatable bonds is 10. The molecule has 0 radical (unpaired) electrons. The minimum atomic E-state index is -0.151. The molecule has 3 atom stereocenters. The zero-order chi connectivity index (χ0) is 25.2. The van der Waals surface area contributed by atoms with Crippen LogP contribution in [0.1, 0.15) is 44.7 Å². The van der Waals surface area contributed by atoms with Crippen molar-refractivity contribution in [3.63, 3.8) is 0 Å². The molecule has 0 fully saturated rings. The van der Waals surface area contributed by atoms with E-state index in [2.05, 4.69) is 42.8 Å². The highest BCUT2D eigenvalue weighted by molar-refractivity contribution is 5.76. The Kier molecular flexibility index (Phi) is 9.76. The van der Waals surface area contributed by atoms with Crippen molar-refractivity contribution in [1.82, 2.24) is 16.0 Å². The second-order valence-corrected chi connectivity index (χ2v) is 9.79. The summed E-state index contributed by atoms with van der Waals surface area (Å²) < 4.78 is 5.19. The Bertz CT molecular complexity index is 986. The average Bonchev–Trinajstić information content (AvgIpc) is 2.87. The van der Waals surface area contributed by atoms with Crippen molar-refractivity contribution in [3.05, 3.63) is 77.4 Å². The Morgan fingerprint density at radius 1 is 0.943 bits per heavy atom. The van der Waals surface area contributed by atoms with Crippen molar-refractivity contribution in [2.24, 2.45) is 23.7 Å². The van der Waals surface area contributed by atoms with Crippen LogP contribution < -0.4 is 20.7 Å². The summed E-state index contributed by atoms with van der Waals surface area (Å²) >= 11 is 0. The van der Waals surface area contributed by atoms with Crippen LogP contribution in [0.4, 0.5) is 4.79 Å².